The molecule has 2 unspecified atom stereocenters. The first kappa shape index (κ1) is 15.0. The number of carbonyl (C=O) groups excluding carboxylic acids is 2. The molecule has 0 radical (unpaired) electrons. The molecule has 1 heterocycles. The Morgan fingerprint density at radius 1 is 1.33 bits per heavy atom. The summed E-state index contributed by atoms with van der Waals surface area (Å²) in [5, 5.41) is 6.03. The van der Waals surface area contributed by atoms with Crippen LogP contribution in [-0.4, -0.2) is 48.4 Å². The Kier molecular flexibility index (Phi) is 4.73. The molecule has 104 valence electrons. The second-order valence-corrected chi connectivity index (χ2v) is 6.00. The lowest BCUT2D eigenvalue weighted by Gasteiger charge is -2.38. The maximum absolute atomic E-state index is 12.1. The molecule has 0 aromatic heterocycles. The van der Waals surface area contributed by atoms with E-state index < -0.39 is 5.41 Å². The van der Waals surface area contributed by atoms with E-state index in [1.165, 1.54) is 0 Å². The van der Waals surface area contributed by atoms with Crippen LogP contribution in [0.4, 0.5) is 0 Å². The number of rotatable bonds is 2. The molecule has 0 spiro atoms. The average Bonchev–Trinajstić information content (AvgIpc) is 2.27. The van der Waals surface area contributed by atoms with Gasteiger partial charge in [-0.2, -0.15) is 0 Å². The number of amides is 2. The SMILES string of the molecule is CC1NCCN(C(=O)CNC(=O)C(C)(C)C)C1C. The number of carbonyl (C=O) groups is 2. The molecule has 1 rings (SSSR count). The molecular formula is C13H25N3O2. The van der Waals surface area contributed by atoms with Gasteiger partial charge in [0.15, 0.2) is 0 Å². The third kappa shape index (κ3) is 3.70. The standard InChI is InChI=1S/C13H25N3O2/c1-9-10(2)16(7-6-14-9)11(17)8-15-12(18)13(3,4)5/h9-10,14H,6-8H2,1-5H3,(H,15,18). The van der Waals surface area contributed by atoms with Crippen molar-refractivity contribution in [2.24, 2.45) is 5.41 Å². The summed E-state index contributed by atoms with van der Waals surface area (Å²) in [7, 11) is 0. The van der Waals surface area contributed by atoms with Gasteiger partial charge in [-0.1, -0.05) is 20.8 Å². The Bertz CT molecular complexity index is 323. The molecule has 1 saturated heterocycles. The van der Waals surface area contributed by atoms with E-state index >= 15 is 0 Å². The van der Waals surface area contributed by atoms with Crippen LogP contribution in [0.1, 0.15) is 34.6 Å². The van der Waals surface area contributed by atoms with Crippen molar-refractivity contribution in [1.29, 1.82) is 0 Å². The Morgan fingerprint density at radius 3 is 2.50 bits per heavy atom. The van der Waals surface area contributed by atoms with Crippen molar-refractivity contribution in [3.8, 4) is 0 Å². The number of piperazine rings is 1. The van der Waals surface area contributed by atoms with Gasteiger partial charge < -0.3 is 15.5 Å². The lowest BCUT2D eigenvalue weighted by molar-refractivity contribution is -0.137. The topological polar surface area (TPSA) is 61.4 Å². The summed E-state index contributed by atoms with van der Waals surface area (Å²) in [6, 6.07) is 0.457. The molecule has 0 bridgehead atoms. The predicted molar refractivity (Wildman–Crippen MR) is 71.1 cm³/mol. The molecule has 0 aromatic rings. The van der Waals surface area contributed by atoms with Crippen molar-refractivity contribution in [3.05, 3.63) is 0 Å². The van der Waals surface area contributed by atoms with E-state index in [1.807, 2.05) is 32.6 Å². The van der Waals surface area contributed by atoms with E-state index in [4.69, 9.17) is 0 Å². The summed E-state index contributed by atoms with van der Waals surface area (Å²) >= 11 is 0. The number of nitrogens with zero attached hydrogens (tertiary/aromatic N) is 1. The molecule has 1 aliphatic heterocycles. The zero-order valence-corrected chi connectivity index (χ0v) is 12.0. The van der Waals surface area contributed by atoms with Crippen LogP contribution in [0.15, 0.2) is 0 Å². The third-order valence-electron chi connectivity index (χ3n) is 3.44. The molecular weight excluding hydrogens is 230 g/mol. The van der Waals surface area contributed by atoms with Crippen molar-refractivity contribution in [2.45, 2.75) is 46.7 Å². The molecule has 2 atom stereocenters. The Balaban J connectivity index is 2.48. The van der Waals surface area contributed by atoms with Crippen LogP contribution in [0.3, 0.4) is 0 Å². The normalized spacial score (nSPS) is 24.8. The third-order valence-corrected chi connectivity index (χ3v) is 3.44. The summed E-state index contributed by atoms with van der Waals surface area (Å²) in [5.74, 6) is -0.0971. The smallest absolute Gasteiger partial charge is 0.242 e. The van der Waals surface area contributed by atoms with E-state index in [-0.39, 0.29) is 24.4 Å². The van der Waals surface area contributed by atoms with E-state index in [9.17, 15) is 9.59 Å². The van der Waals surface area contributed by atoms with E-state index in [2.05, 4.69) is 17.6 Å². The molecule has 1 aliphatic rings. The van der Waals surface area contributed by atoms with Gasteiger partial charge in [-0.25, -0.2) is 0 Å². The minimum atomic E-state index is -0.456. The zero-order valence-electron chi connectivity index (χ0n) is 12.0. The highest BCUT2D eigenvalue weighted by Crippen LogP contribution is 2.13. The van der Waals surface area contributed by atoms with E-state index in [0.29, 0.717) is 12.6 Å². The highest BCUT2D eigenvalue weighted by molar-refractivity contribution is 5.87. The van der Waals surface area contributed by atoms with Gasteiger partial charge in [0.25, 0.3) is 0 Å². The minimum absolute atomic E-state index is 0.00606. The first-order valence-corrected chi connectivity index (χ1v) is 6.54. The van der Waals surface area contributed by atoms with Gasteiger partial charge in [0, 0.05) is 30.6 Å². The summed E-state index contributed by atoms with van der Waals surface area (Å²) in [6.45, 7) is 11.2. The molecule has 0 saturated carbocycles. The van der Waals surface area contributed by atoms with Crippen LogP contribution in [0.25, 0.3) is 0 Å². The van der Waals surface area contributed by atoms with Crippen molar-refractivity contribution < 1.29 is 9.59 Å². The fourth-order valence-electron chi connectivity index (χ4n) is 1.93. The van der Waals surface area contributed by atoms with Gasteiger partial charge in [0.05, 0.1) is 6.54 Å². The molecule has 0 aliphatic carbocycles. The van der Waals surface area contributed by atoms with Gasteiger partial charge in [-0.15, -0.1) is 0 Å². The Morgan fingerprint density at radius 2 is 1.94 bits per heavy atom. The average molecular weight is 255 g/mol. The fourth-order valence-corrected chi connectivity index (χ4v) is 1.93. The predicted octanol–water partition coefficient (Wildman–Crippen LogP) is 0.358. The van der Waals surface area contributed by atoms with Crippen LogP contribution in [0, 0.1) is 5.41 Å². The lowest BCUT2D eigenvalue weighted by atomic mass is 9.96. The maximum Gasteiger partial charge on any atom is 0.242 e. The monoisotopic (exact) mass is 255 g/mol. The van der Waals surface area contributed by atoms with Gasteiger partial charge in [0.1, 0.15) is 0 Å². The van der Waals surface area contributed by atoms with Gasteiger partial charge in [-0.05, 0) is 13.8 Å². The van der Waals surface area contributed by atoms with E-state index in [1.54, 1.807) is 0 Å². The zero-order chi connectivity index (χ0) is 13.9. The number of nitrogens with one attached hydrogen (secondary N) is 2. The fraction of sp³-hybridized carbons (Fsp3) is 0.846. The first-order chi connectivity index (χ1) is 8.23. The van der Waals surface area contributed by atoms with Gasteiger partial charge >= 0.3 is 0 Å². The van der Waals surface area contributed by atoms with Crippen LogP contribution in [0.2, 0.25) is 0 Å². The summed E-state index contributed by atoms with van der Waals surface area (Å²) < 4.78 is 0. The second kappa shape index (κ2) is 5.69. The van der Waals surface area contributed by atoms with Crippen molar-refractivity contribution in [3.63, 3.8) is 0 Å². The van der Waals surface area contributed by atoms with Crippen LogP contribution >= 0.6 is 0 Å². The second-order valence-electron chi connectivity index (χ2n) is 6.00. The van der Waals surface area contributed by atoms with Gasteiger partial charge in [0.2, 0.25) is 11.8 Å². The van der Waals surface area contributed by atoms with Crippen LogP contribution in [0.5, 0.6) is 0 Å². The Hall–Kier alpha value is -1.10. The minimum Gasteiger partial charge on any atom is -0.347 e. The van der Waals surface area contributed by atoms with Crippen molar-refractivity contribution in [1.82, 2.24) is 15.5 Å². The maximum atomic E-state index is 12.1. The number of hydrogen-bond donors (Lipinski definition) is 2. The van der Waals surface area contributed by atoms with E-state index in [0.717, 1.165) is 6.54 Å². The van der Waals surface area contributed by atoms with Crippen LogP contribution < -0.4 is 10.6 Å². The highest BCUT2D eigenvalue weighted by atomic mass is 16.2. The van der Waals surface area contributed by atoms with Gasteiger partial charge in [-0.3, -0.25) is 9.59 Å². The quantitative estimate of drug-likeness (QED) is 0.749. The van der Waals surface area contributed by atoms with Crippen molar-refractivity contribution in [2.75, 3.05) is 19.6 Å². The molecule has 5 heteroatoms. The molecule has 18 heavy (non-hydrogen) atoms. The summed E-state index contributed by atoms with van der Waals surface area (Å²) in [6.07, 6.45) is 0. The molecule has 2 amide bonds. The van der Waals surface area contributed by atoms with Crippen molar-refractivity contribution >= 4 is 11.8 Å². The summed E-state index contributed by atoms with van der Waals surface area (Å²) in [4.78, 5) is 25.6. The largest absolute Gasteiger partial charge is 0.347 e. The van der Waals surface area contributed by atoms with Crippen LogP contribution in [-0.2, 0) is 9.59 Å². The highest BCUT2D eigenvalue weighted by Gasteiger charge is 2.29. The first-order valence-electron chi connectivity index (χ1n) is 6.54. The number of hydrogen-bond acceptors (Lipinski definition) is 3. The molecule has 5 nitrogen and oxygen atoms in total. The molecule has 1 fully saturated rings. The Labute approximate surface area is 109 Å². The lowest BCUT2D eigenvalue weighted by Crippen LogP contribution is -2.59. The molecule has 2 N–H and O–H groups in total. The molecule has 0 aromatic carbocycles. The summed E-state index contributed by atoms with van der Waals surface area (Å²) in [5.41, 5.74) is -0.456.